The number of benzene rings is 2. The third kappa shape index (κ3) is 3.92. The summed E-state index contributed by atoms with van der Waals surface area (Å²) in [4.78, 5) is 11.9. The average molecular weight is 392 g/mol. The summed E-state index contributed by atoms with van der Waals surface area (Å²) in [7, 11) is 0. The van der Waals surface area contributed by atoms with Crippen LogP contribution < -0.4 is 0 Å². The van der Waals surface area contributed by atoms with Crippen LogP contribution in [0.2, 0.25) is 10.0 Å². The van der Waals surface area contributed by atoms with Gasteiger partial charge in [0.1, 0.15) is 0 Å². The van der Waals surface area contributed by atoms with Gasteiger partial charge >= 0.3 is 5.97 Å². The minimum atomic E-state index is -0.958. The molecule has 104 valence electrons. The zero-order chi connectivity index (χ0) is 14.7. The van der Waals surface area contributed by atoms with Crippen molar-refractivity contribution in [2.45, 2.75) is 10.6 Å². The van der Waals surface area contributed by atoms with Crippen molar-refractivity contribution in [3.8, 4) is 0 Å². The van der Waals surface area contributed by atoms with Gasteiger partial charge in [0.15, 0.2) is 0 Å². The van der Waals surface area contributed by atoms with Crippen LogP contribution in [0, 0.1) is 0 Å². The maximum atomic E-state index is 11.1. The third-order valence-electron chi connectivity index (χ3n) is 2.57. The summed E-state index contributed by atoms with van der Waals surface area (Å²) in [5.41, 5.74) is 1.16. The average Bonchev–Trinajstić information content (AvgIpc) is 2.41. The zero-order valence-electron chi connectivity index (χ0n) is 10.1. The summed E-state index contributed by atoms with van der Waals surface area (Å²) in [5, 5.41) is 10.4. The number of rotatable bonds is 4. The Balaban J connectivity index is 2.17. The van der Waals surface area contributed by atoms with Crippen LogP contribution in [0.4, 0.5) is 0 Å². The summed E-state index contributed by atoms with van der Waals surface area (Å²) in [6.07, 6.45) is 0. The zero-order valence-corrected chi connectivity index (χ0v) is 14.0. The molecule has 0 saturated carbocycles. The normalized spacial score (nSPS) is 10.6. The molecule has 2 aromatic rings. The van der Waals surface area contributed by atoms with Gasteiger partial charge in [-0.3, -0.25) is 0 Å². The first-order chi connectivity index (χ1) is 9.47. The Hall–Kier alpha value is -0.680. The number of carboxylic acids is 1. The lowest BCUT2D eigenvalue weighted by molar-refractivity contribution is 0.0695. The predicted molar refractivity (Wildman–Crippen MR) is 87.1 cm³/mol. The van der Waals surface area contributed by atoms with E-state index >= 15 is 0 Å². The SMILES string of the molecule is O=C(O)c1cc(SCc2cc(Cl)ccc2Cl)ccc1Br. The van der Waals surface area contributed by atoms with Gasteiger partial charge < -0.3 is 5.11 Å². The fraction of sp³-hybridized carbons (Fsp3) is 0.0714. The number of hydrogen-bond donors (Lipinski definition) is 1. The Morgan fingerprint density at radius 2 is 1.95 bits per heavy atom. The van der Waals surface area contributed by atoms with E-state index in [0.29, 0.717) is 20.3 Å². The molecule has 6 heteroatoms. The van der Waals surface area contributed by atoms with E-state index in [1.54, 1.807) is 24.3 Å². The van der Waals surface area contributed by atoms with Crippen molar-refractivity contribution in [2.24, 2.45) is 0 Å². The molecule has 0 unspecified atom stereocenters. The summed E-state index contributed by atoms with van der Waals surface area (Å²) in [5.74, 6) is -0.333. The maximum Gasteiger partial charge on any atom is 0.336 e. The smallest absolute Gasteiger partial charge is 0.336 e. The fourth-order valence-electron chi connectivity index (χ4n) is 1.57. The van der Waals surface area contributed by atoms with Crippen LogP contribution in [0.1, 0.15) is 15.9 Å². The van der Waals surface area contributed by atoms with E-state index in [9.17, 15) is 4.79 Å². The van der Waals surface area contributed by atoms with Crippen LogP contribution in [-0.2, 0) is 5.75 Å². The minimum absolute atomic E-state index is 0.243. The van der Waals surface area contributed by atoms with Crippen molar-refractivity contribution < 1.29 is 9.90 Å². The molecule has 0 aromatic heterocycles. The molecule has 0 amide bonds. The van der Waals surface area contributed by atoms with Crippen LogP contribution in [0.3, 0.4) is 0 Å². The predicted octanol–water partition coefficient (Wildman–Crippen LogP) is 5.75. The van der Waals surface area contributed by atoms with Gasteiger partial charge in [-0.15, -0.1) is 11.8 Å². The molecular formula is C14H9BrCl2O2S. The van der Waals surface area contributed by atoms with E-state index in [1.165, 1.54) is 11.8 Å². The van der Waals surface area contributed by atoms with Crippen molar-refractivity contribution in [2.75, 3.05) is 0 Å². The molecule has 2 aromatic carbocycles. The van der Waals surface area contributed by atoms with Gasteiger partial charge in [0, 0.05) is 25.2 Å². The largest absolute Gasteiger partial charge is 0.478 e. The van der Waals surface area contributed by atoms with Crippen molar-refractivity contribution in [3.05, 3.63) is 62.0 Å². The third-order valence-corrected chi connectivity index (χ3v) is 4.91. The summed E-state index contributed by atoms with van der Waals surface area (Å²) >= 11 is 16.8. The molecule has 0 bridgehead atoms. The Bertz CT molecular complexity index is 662. The highest BCUT2D eigenvalue weighted by atomic mass is 79.9. The van der Waals surface area contributed by atoms with Crippen LogP contribution in [0.25, 0.3) is 0 Å². The fourth-order valence-corrected chi connectivity index (χ4v) is 3.37. The van der Waals surface area contributed by atoms with Gasteiger partial charge in [-0.1, -0.05) is 23.2 Å². The molecule has 0 aliphatic heterocycles. The topological polar surface area (TPSA) is 37.3 Å². The molecule has 0 fully saturated rings. The number of thioether (sulfide) groups is 1. The van der Waals surface area contributed by atoms with Crippen molar-refractivity contribution in [1.29, 1.82) is 0 Å². The Labute approximate surface area is 139 Å². The number of carbonyl (C=O) groups is 1. The second-order valence-electron chi connectivity index (χ2n) is 3.97. The Morgan fingerprint density at radius 1 is 1.20 bits per heavy atom. The minimum Gasteiger partial charge on any atom is -0.478 e. The van der Waals surface area contributed by atoms with Crippen LogP contribution in [-0.4, -0.2) is 11.1 Å². The molecule has 20 heavy (non-hydrogen) atoms. The first-order valence-corrected chi connectivity index (χ1v) is 8.10. The summed E-state index contributed by atoms with van der Waals surface area (Å²) in [6.45, 7) is 0. The number of halogens is 3. The first-order valence-electron chi connectivity index (χ1n) is 5.57. The number of carboxylic acid groups (broad SMARTS) is 1. The van der Waals surface area contributed by atoms with Gasteiger partial charge in [0.05, 0.1) is 5.56 Å². The standard InChI is InChI=1S/C14H9BrCl2O2S/c15-12-3-2-10(6-11(12)14(18)19)20-7-8-5-9(16)1-4-13(8)17/h1-6H,7H2,(H,18,19). The monoisotopic (exact) mass is 390 g/mol. The van der Waals surface area contributed by atoms with Gasteiger partial charge in [0.2, 0.25) is 0 Å². The Kier molecular flexibility index (Phi) is 5.38. The molecule has 0 aliphatic rings. The quantitative estimate of drug-likeness (QED) is 0.674. The van der Waals surface area contributed by atoms with Gasteiger partial charge in [-0.05, 0) is 57.9 Å². The van der Waals surface area contributed by atoms with E-state index in [1.807, 2.05) is 12.1 Å². The number of aromatic carboxylic acids is 1. The molecule has 0 atom stereocenters. The highest BCUT2D eigenvalue weighted by molar-refractivity contribution is 9.10. The van der Waals surface area contributed by atoms with E-state index in [-0.39, 0.29) is 5.56 Å². The lowest BCUT2D eigenvalue weighted by Gasteiger charge is -2.07. The molecule has 0 aliphatic carbocycles. The molecule has 0 radical (unpaired) electrons. The molecule has 0 spiro atoms. The van der Waals surface area contributed by atoms with E-state index in [4.69, 9.17) is 28.3 Å². The molecule has 0 heterocycles. The molecule has 0 saturated heterocycles. The lowest BCUT2D eigenvalue weighted by Crippen LogP contribution is -1.97. The Morgan fingerprint density at radius 3 is 2.65 bits per heavy atom. The second kappa shape index (κ2) is 6.85. The van der Waals surface area contributed by atoms with E-state index in [0.717, 1.165) is 10.5 Å². The van der Waals surface area contributed by atoms with Gasteiger partial charge in [0.25, 0.3) is 0 Å². The maximum absolute atomic E-state index is 11.1. The van der Waals surface area contributed by atoms with Crippen molar-refractivity contribution in [1.82, 2.24) is 0 Å². The summed E-state index contributed by atoms with van der Waals surface area (Å²) in [6, 6.07) is 10.5. The van der Waals surface area contributed by atoms with Crippen LogP contribution >= 0.6 is 50.9 Å². The van der Waals surface area contributed by atoms with Crippen molar-refractivity contribution in [3.63, 3.8) is 0 Å². The summed E-state index contributed by atoms with van der Waals surface area (Å²) < 4.78 is 0.565. The molecule has 2 rings (SSSR count). The van der Waals surface area contributed by atoms with Crippen LogP contribution in [0.5, 0.6) is 0 Å². The van der Waals surface area contributed by atoms with Gasteiger partial charge in [-0.2, -0.15) is 0 Å². The van der Waals surface area contributed by atoms with Crippen molar-refractivity contribution >= 4 is 56.9 Å². The molecule has 2 nitrogen and oxygen atoms in total. The lowest BCUT2D eigenvalue weighted by atomic mass is 10.2. The van der Waals surface area contributed by atoms with E-state index in [2.05, 4.69) is 15.9 Å². The second-order valence-corrected chi connectivity index (χ2v) is 6.72. The van der Waals surface area contributed by atoms with Crippen LogP contribution in [0.15, 0.2) is 45.8 Å². The van der Waals surface area contributed by atoms with Gasteiger partial charge in [-0.25, -0.2) is 4.79 Å². The highest BCUT2D eigenvalue weighted by Gasteiger charge is 2.10. The molecular weight excluding hydrogens is 383 g/mol. The highest BCUT2D eigenvalue weighted by Crippen LogP contribution is 2.30. The van der Waals surface area contributed by atoms with E-state index < -0.39 is 5.97 Å². The molecule has 1 N–H and O–H groups in total. The number of hydrogen-bond acceptors (Lipinski definition) is 2. The first kappa shape index (κ1) is 15.7.